The van der Waals surface area contributed by atoms with E-state index in [9.17, 15) is 9.18 Å². The van der Waals surface area contributed by atoms with E-state index >= 15 is 0 Å². The third kappa shape index (κ3) is 5.28. The average molecular weight is 268 g/mol. The van der Waals surface area contributed by atoms with Crippen LogP contribution in [0.15, 0.2) is 18.2 Å². The molecular formula is C15H21FO3. The summed E-state index contributed by atoms with van der Waals surface area (Å²) < 4.78 is 18.8. The first-order chi connectivity index (χ1) is 9.06. The lowest BCUT2D eigenvalue weighted by molar-refractivity contribution is 0.0695. The van der Waals surface area contributed by atoms with Gasteiger partial charge in [-0.25, -0.2) is 9.18 Å². The molecule has 1 unspecified atom stereocenters. The maximum absolute atomic E-state index is 13.3. The zero-order chi connectivity index (χ0) is 14.3. The monoisotopic (exact) mass is 268 g/mol. The molecule has 0 fully saturated rings. The van der Waals surface area contributed by atoms with Gasteiger partial charge in [-0.1, -0.05) is 33.1 Å². The molecule has 0 spiro atoms. The summed E-state index contributed by atoms with van der Waals surface area (Å²) in [4.78, 5) is 10.8. The van der Waals surface area contributed by atoms with Gasteiger partial charge in [0.1, 0.15) is 11.6 Å². The molecule has 0 radical (unpaired) electrons. The van der Waals surface area contributed by atoms with Crippen molar-refractivity contribution in [1.82, 2.24) is 0 Å². The Labute approximate surface area is 113 Å². The second kappa shape index (κ2) is 7.77. The lowest BCUT2D eigenvalue weighted by Gasteiger charge is -2.15. The molecule has 3 nitrogen and oxygen atoms in total. The summed E-state index contributed by atoms with van der Waals surface area (Å²) in [5.74, 6) is -1.03. The Kier molecular flexibility index (Phi) is 6.33. The van der Waals surface area contributed by atoms with Gasteiger partial charge >= 0.3 is 5.97 Å². The van der Waals surface area contributed by atoms with E-state index in [1.807, 2.05) is 0 Å². The van der Waals surface area contributed by atoms with Crippen LogP contribution in [-0.2, 0) is 0 Å². The number of halogens is 1. The topological polar surface area (TPSA) is 46.5 Å². The molecule has 0 saturated heterocycles. The molecule has 1 N–H and O–H groups in total. The normalized spacial score (nSPS) is 12.2. The van der Waals surface area contributed by atoms with E-state index in [-0.39, 0.29) is 11.3 Å². The highest BCUT2D eigenvalue weighted by Gasteiger charge is 2.10. The number of hydrogen-bond acceptors (Lipinski definition) is 2. The van der Waals surface area contributed by atoms with Crippen LogP contribution in [0.25, 0.3) is 0 Å². The lowest BCUT2D eigenvalue weighted by Crippen LogP contribution is -2.11. The number of hydrogen-bond donors (Lipinski definition) is 1. The number of aromatic carboxylic acids is 1. The predicted octanol–water partition coefficient (Wildman–Crippen LogP) is 4.12. The van der Waals surface area contributed by atoms with Crippen molar-refractivity contribution in [3.05, 3.63) is 29.6 Å². The van der Waals surface area contributed by atoms with Gasteiger partial charge in [-0.05, 0) is 24.5 Å². The smallest absolute Gasteiger partial charge is 0.335 e. The van der Waals surface area contributed by atoms with Crippen molar-refractivity contribution in [3.63, 3.8) is 0 Å². The number of unbranched alkanes of at least 4 members (excludes halogenated alkanes) is 1. The first kappa shape index (κ1) is 15.5. The molecule has 106 valence electrons. The Morgan fingerprint density at radius 1 is 1.37 bits per heavy atom. The zero-order valence-corrected chi connectivity index (χ0v) is 11.5. The van der Waals surface area contributed by atoms with Gasteiger partial charge in [0, 0.05) is 6.07 Å². The van der Waals surface area contributed by atoms with Crippen molar-refractivity contribution in [2.75, 3.05) is 6.61 Å². The molecule has 0 aromatic heterocycles. The van der Waals surface area contributed by atoms with Gasteiger partial charge in [-0.15, -0.1) is 0 Å². The van der Waals surface area contributed by atoms with E-state index in [4.69, 9.17) is 9.84 Å². The largest absolute Gasteiger partial charge is 0.493 e. The third-order valence-corrected chi connectivity index (χ3v) is 3.15. The van der Waals surface area contributed by atoms with E-state index in [2.05, 4.69) is 13.8 Å². The molecule has 1 atom stereocenters. The highest BCUT2D eigenvalue weighted by atomic mass is 19.1. The van der Waals surface area contributed by atoms with Crippen LogP contribution in [0.5, 0.6) is 5.75 Å². The molecule has 1 aromatic carbocycles. The van der Waals surface area contributed by atoms with Gasteiger partial charge in [0.15, 0.2) is 0 Å². The minimum Gasteiger partial charge on any atom is -0.493 e. The van der Waals surface area contributed by atoms with Crippen LogP contribution in [0.1, 0.15) is 49.9 Å². The molecule has 0 aliphatic rings. The van der Waals surface area contributed by atoms with Gasteiger partial charge in [0.2, 0.25) is 0 Å². The van der Waals surface area contributed by atoms with Crippen LogP contribution < -0.4 is 4.74 Å². The van der Waals surface area contributed by atoms with E-state index in [1.54, 1.807) is 0 Å². The van der Waals surface area contributed by atoms with Gasteiger partial charge in [-0.3, -0.25) is 0 Å². The SMILES string of the molecule is CCCCC(CC)COc1cc(F)cc(C(=O)O)c1. The average Bonchev–Trinajstić information content (AvgIpc) is 2.38. The highest BCUT2D eigenvalue weighted by molar-refractivity contribution is 5.88. The molecular weight excluding hydrogens is 247 g/mol. The van der Waals surface area contributed by atoms with Crippen molar-refractivity contribution in [2.45, 2.75) is 39.5 Å². The zero-order valence-electron chi connectivity index (χ0n) is 11.5. The number of rotatable bonds is 8. The quantitative estimate of drug-likeness (QED) is 0.771. The third-order valence-electron chi connectivity index (χ3n) is 3.15. The first-order valence-electron chi connectivity index (χ1n) is 6.73. The van der Waals surface area contributed by atoms with Crippen molar-refractivity contribution in [3.8, 4) is 5.75 Å². The minimum atomic E-state index is -1.15. The molecule has 0 aliphatic carbocycles. The van der Waals surface area contributed by atoms with Gasteiger partial charge in [0.05, 0.1) is 12.2 Å². The summed E-state index contributed by atoms with van der Waals surface area (Å²) >= 11 is 0. The molecule has 4 heteroatoms. The Morgan fingerprint density at radius 3 is 2.68 bits per heavy atom. The molecule has 0 amide bonds. The number of benzene rings is 1. The number of ether oxygens (including phenoxy) is 1. The highest BCUT2D eigenvalue weighted by Crippen LogP contribution is 2.19. The minimum absolute atomic E-state index is 0.0865. The predicted molar refractivity (Wildman–Crippen MR) is 72.2 cm³/mol. The Hall–Kier alpha value is -1.58. The van der Waals surface area contributed by atoms with Crippen molar-refractivity contribution < 1.29 is 19.0 Å². The summed E-state index contributed by atoms with van der Waals surface area (Å²) in [5.41, 5.74) is -0.0865. The second-order valence-corrected chi connectivity index (χ2v) is 4.71. The fourth-order valence-corrected chi connectivity index (χ4v) is 1.88. The maximum Gasteiger partial charge on any atom is 0.335 e. The molecule has 0 saturated carbocycles. The molecule has 1 aromatic rings. The van der Waals surface area contributed by atoms with Crippen molar-refractivity contribution in [2.24, 2.45) is 5.92 Å². The van der Waals surface area contributed by atoms with E-state index in [0.717, 1.165) is 31.7 Å². The van der Waals surface area contributed by atoms with Crippen molar-refractivity contribution in [1.29, 1.82) is 0 Å². The summed E-state index contributed by atoms with van der Waals surface area (Å²) in [7, 11) is 0. The van der Waals surface area contributed by atoms with E-state index in [0.29, 0.717) is 12.5 Å². The second-order valence-electron chi connectivity index (χ2n) is 4.71. The Balaban J connectivity index is 2.63. The summed E-state index contributed by atoms with van der Waals surface area (Å²) in [5, 5.41) is 8.85. The molecule has 1 rings (SSSR count). The first-order valence-corrected chi connectivity index (χ1v) is 6.73. The van der Waals surface area contributed by atoms with Gasteiger partial charge in [-0.2, -0.15) is 0 Å². The molecule has 19 heavy (non-hydrogen) atoms. The standard InChI is InChI=1S/C15H21FO3/c1-3-5-6-11(4-2)10-19-14-8-12(15(17)18)7-13(16)9-14/h7-9,11H,3-6,10H2,1-2H3,(H,17,18). The maximum atomic E-state index is 13.3. The molecule has 0 bridgehead atoms. The number of carboxylic acid groups (broad SMARTS) is 1. The van der Waals surface area contributed by atoms with Crippen LogP contribution in [-0.4, -0.2) is 17.7 Å². The van der Waals surface area contributed by atoms with Gasteiger partial charge < -0.3 is 9.84 Å². The molecule has 0 heterocycles. The summed E-state index contributed by atoms with van der Waals surface area (Å²) in [6, 6.07) is 3.57. The van der Waals surface area contributed by atoms with Crippen molar-refractivity contribution >= 4 is 5.97 Å². The van der Waals surface area contributed by atoms with Crippen LogP contribution in [0.3, 0.4) is 0 Å². The van der Waals surface area contributed by atoms with Crippen LogP contribution in [0.4, 0.5) is 4.39 Å². The Morgan fingerprint density at radius 2 is 2.11 bits per heavy atom. The van der Waals surface area contributed by atoms with Crippen LogP contribution in [0, 0.1) is 11.7 Å². The fourth-order valence-electron chi connectivity index (χ4n) is 1.88. The van der Waals surface area contributed by atoms with Crippen LogP contribution in [0.2, 0.25) is 0 Å². The number of carboxylic acids is 1. The van der Waals surface area contributed by atoms with Crippen LogP contribution >= 0.6 is 0 Å². The molecule has 0 aliphatic heterocycles. The van der Waals surface area contributed by atoms with E-state index in [1.165, 1.54) is 12.1 Å². The lowest BCUT2D eigenvalue weighted by atomic mass is 10.0. The van der Waals surface area contributed by atoms with E-state index < -0.39 is 11.8 Å². The summed E-state index contributed by atoms with van der Waals surface area (Å²) in [6.07, 6.45) is 4.36. The number of carbonyl (C=O) groups is 1. The summed E-state index contributed by atoms with van der Waals surface area (Å²) in [6.45, 7) is 4.73. The fraction of sp³-hybridized carbons (Fsp3) is 0.533. The van der Waals surface area contributed by atoms with Gasteiger partial charge in [0.25, 0.3) is 0 Å². The Bertz CT molecular complexity index is 418.